The number of aliphatic hydroxyl groups is 1. The number of allylic oxidation sites excluding steroid dienone is 1. The molecule has 0 bridgehead atoms. The molecule has 0 heterocycles. The normalized spacial score (nSPS) is 56.5. The van der Waals surface area contributed by atoms with Crippen molar-refractivity contribution in [2.24, 2.45) is 34.5 Å². The second-order valence-corrected chi connectivity index (χ2v) is 9.26. The highest BCUT2D eigenvalue weighted by Gasteiger charge is 2.60. The zero-order valence-electron chi connectivity index (χ0n) is 13.9. The Kier molecular flexibility index (Phi) is 3.13. The van der Waals surface area contributed by atoms with Gasteiger partial charge < -0.3 is 5.11 Å². The zero-order chi connectivity index (χ0) is 14.8. The van der Waals surface area contributed by atoms with Gasteiger partial charge in [0.15, 0.2) is 0 Å². The summed E-state index contributed by atoms with van der Waals surface area (Å²) in [7, 11) is 0. The van der Waals surface area contributed by atoms with Crippen molar-refractivity contribution >= 4 is 0 Å². The standard InChI is InChI=1S/C20H32O/c1-13-12-14-16(20(3)9-5-4-6-15(13)20)7-10-19(2)11-8-17(21)18(14)19/h14-18,21H,1,4-12H2,2-3H3/t14-,15-,16+,17?,18-,19-,20+/m1/s1. The van der Waals surface area contributed by atoms with Gasteiger partial charge in [0.05, 0.1) is 6.10 Å². The molecular formula is C20H32O. The summed E-state index contributed by atoms with van der Waals surface area (Å²) in [5, 5.41) is 10.7. The molecule has 0 aliphatic heterocycles. The van der Waals surface area contributed by atoms with E-state index in [0.717, 1.165) is 18.3 Å². The Morgan fingerprint density at radius 1 is 1.05 bits per heavy atom. The van der Waals surface area contributed by atoms with Crippen molar-refractivity contribution in [3.8, 4) is 0 Å². The molecule has 4 fully saturated rings. The summed E-state index contributed by atoms with van der Waals surface area (Å²) in [6.07, 6.45) is 11.8. The summed E-state index contributed by atoms with van der Waals surface area (Å²) < 4.78 is 0. The van der Waals surface area contributed by atoms with Crippen molar-refractivity contribution in [3.63, 3.8) is 0 Å². The zero-order valence-corrected chi connectivity index (χ0v) is 13.9. The summed E-state index contributed by atoms with van der Waals surface area (Å²) in [6.45, 7) is 9.55. The molecule has 0 spiro atoms. The number of aliphatic hydroxyl groups excluding tert-OH is 1. The summed E-state index contributed by atoms with van der Waals surface area (Å²) in [4.78, 5) is 0. The average Bonchev–Trinajstić information content (AvgIpc) is 2.75. The Labute approximate surface area is 130 Å². The third-order valence-corrected chi connectivity index (χ3v) is 8.33. The smallest absolute Gasteiger partial charge is 0.0576 e. The van der Waals surface area contributed by atoms with E-state index >= 15 is 0 Å². The topological polar surface area (TPSA) is 20.2 Å². The molecule has 4 rings (SSSR count). The molecule has 0 aromatic heterocycles. The Morgan fingerprint density at radius 2 is 1.81 bits per heavy atom. The van der Waals surface area contributed by atoms with Gasteiger partial charge in [-0.1, -0.05) is 38.8 Å². The van der Waals surface area contributed by atoms with Crippen LogP contribution in [0.15, 0.2) is 12.2 Å². The van der Waals surface area contributed by atoms with E-state index < -0.39 is 0 Å². The van der Waals surface area contributed by atoms with Crippen molar-refractivity contribution in [2.45, 2.75) is 77.7 Å². The van der Waals surface area contributed by atoms with Crippen LogP contribution < -0.4 is 0 Å². The molecule has 1 heteroatoms. The molecule has 0 aromatic carbocycles. The molecule has 21 heavy (non-hydrogen) atoms. The SMILES string of the molecule is C=C1C[C@H]2[C@@H]3C(O)CC[C@@]3(C)CC[C@@H]2[C@@]2(C)CCCC[C@H]12. The maximum absolute atomic E-state index is 10.7. The lowest BCUT2D eigenvalue weighted by Gasteiger charge is -2.60. The first-order chi connectivity index (χ1) is 9.96. The van der Waals surface area contributed by atoms with Gasteiger partial charge in [0.1, 0.15) is 0 Å². The van der Waals surface area contributed by atoms with E-state index in [0.29, 0.717) is 22.7 Å². The van der Waals surface area contributed by atoms with Gasteiger partial charge in [0, 0.05) is 0 Å². The summed E-state index contributed by atoms with van der Waals surface area (Å²) in [5.74, 6) is 2.88. The maximum atomic E-state index is 10.7. The monoisotopic (exact) mass is 288 g/mol. The maximum Gasteiger partial charge on any atom is 0.0576 e. The Bertz CT molecular complexity index is 455. The van der Waals surface area contributed by atoms with Gasteiger partial charge in [-0.25, -0.2) is 0 Å². The highest BCUT2D eigenvalue weighted by Crippen LogP contribution is 2.66. The Balaban J connectivity index is 1.72. The van der Waals surface area contributed by atoms with Gasteiger partial charge in [-0.15, -0.1) is 0 Å². The third kappa shape index (κ3) is 1.85. The summed E-state index contributed by atoms with van der Waals surface area (Å²) in [5.41, 5.74) is 2.43. The van der Waals surface area contributed by atoms with Crippen LogP contribution in [0.5, 0.6) is 0 Å². The first-order valence-corrected chi connectivity index (χ1v) is 9.31. The predicted molar refractivity (Wildman–Crippen MR) is 86.9 cm³/mol. The van der Waals surface area contributed by atoms with E-state index in [-0.39, 0.29) is 6.10 Å². The first-order valence-electron chi connectivity index (χ1n) is 9.31. The molecule has 1 unspecified atom stereocenters. The third-order valence-electron chi connectivity index (χ3n) is 8.33. The molecule has 4 aliphatic carbocycles. The van der Waals surface area contributed by atoms with Crippen molar-refractivity contribution in [3.05, 3.63) is 12.2 Å². The summed E-state index contributed by atoms with van der Waals surface area (Å²) in [6, 6.07) is 0. The van der Waals surface area contributed by atoms with Crippen LogP contribution in [-0.2, 0) is 0 Å². The highest BCUT2D eigenvalue weighted by molar-refractivity contribution is 5.19. The van der Waals surface area contributed by atoms with Crippen LogP contribution in [0.25, 0.3) is 0 Å². The molecule has 4 aliphatic rings. The highest BCUT2D eigenvalue weighted by atomic mass is 16.3. The Morgan fingerprint density at radius 3 is 2.62 bits per heavy atom. The van der Waals surface area contributed by atoms with Crippen LogP contribution in [0, 0.1) is 34.5 Å². The van der Waals surface area contributed by atoms with Crippen molar-refractivity contribution in [2.75, 3.05) is 0 Å². The molecule has 0 radical (unpaired) electrons. The van der Waals surface area contributed by atoms with Crippen LogP contribution in [0.4, 0.5) is 0 Å². The lowest BCUT2D eigenvalue weighted by molar-refractivity contribution is -0.103. The van der Waals surface area contributed by atoms with Crippen molar-refractivity contribution < 1.29 is 5.11 Å². The fourth-order valence-electron chi connectivity index (χ4n) is 7.34. The minimum absolute atomic E-state index is 0.0423. The first kappa shape index (κ1) is 14.3. The predicted octanol–water partition coefficient (Wildman–Crippen LogP) is 4.95. The Hall–Kier alpha value is -0.300. The van der Waals surface area contributed by atoms with Crippen LogP contribution in [0.1, 0.15) is 71.6 Å². The molecule has 7 atom stereocenters. The number of rotatable bonds is 0. The van der Waals surface area contributed by atoms with E-state index in [2.05, 4.69) is 20.4 Å². The van der Waals surface area contributed by atoms with Gasteiger partial charge in [0.2, 0.25) is 0 Å². The van der Waals surface area contributed by atoms with Crippen LogP contribution in [-0.4, -0.2) is 11.2 Å². The van der Waals surface area contributed by atoms with Gasteiger partial charge in [0.25, 0.3) is 0 Å². The second-order valence-electron chi connectivity index (χ2n) is 9.26. The molecule has 0 amide bonds. The quantitative estimate of drug-likeness (QED) is 0.626. The molecule has 1 N–H and O–H groups in total. The van der Waals surface area contributed by atoms with Gasteiger partial charge in [-0.05, 0) is 79.4 Å². The van der Waals surface area contributed by atoms with Crippen LogP contribution in [0.3, 0.4) is 0 Å². The minimum atomic E-state index is -0.0423. The fourth-order valence-corrected chi connectivity index (χ4v) is 7.34. The summed E-state index contributed by atoms with van der Waals surface area (Å²) >= 11 is 0. The lowest BCUT2D eigenvalue weighted by Crippen LogP contribution is -2.54. The minimum Gasteiger partial charge on any atom is -0.393 e. The van der Waals surface area contributed by atoms with Gasteiger partial charge in [-0.2, -0.15) is 0 Å². The average molecular weight is 288 g/mol. The van der Waals surface area contributed by atoms with E-state index in [1.807, 2.05) is 0 Å². The molecule has 0 saturated heterocycles. The van der Waals surface area contributed by atoms with E-state index in [4.69, 9.17) is 0 Å². The van der Waals surface area contributed by atoms with Crippen LogP contribution >= 0.6 is 0 Å². The molecule has 1 nitrogen and oxygen atoms in total. The lowest BCUT2D eigenvalue weighted by atomic mass is 9.44. The largest absolute Gasteiger partial charge is 0.393 e. The molecule has 4 saturated carbocycles. The molecule has 0 aromatic rings. The second kappa shape index (κ2) is 4.60. The number of hydrogen-bond donors (Lipinski definition) is 1. The van der Waals surface area contributed by atoms with Crippen molar-refractivity contribution in [1.29, 1.82) is 0 Å². The fraction of sp³-hybridized carbons (Fsp3) is 0.900. The number of fused-ring (bicyclic) bond motifs is 5. The van der Waals surface area contributed by atoms with E-state index in [1.165, 1.54) is 56.9 Å². The molecule has 118 valence electrons. The van der Waals surface area contributed by atoms with E-state index in [9.17, 15) is 5.11 Å². The van der Waals surface area contributed by atoms with E-state index in [1.54, 1.807) is 0 Å². The van der Waals surface area contributed by atoms with Gasteiger partial charge >= 0.3 is 0 Å². The number of hydrogen-bond acceptors (Lipinski definition) is 1. The van der Waals surface area contributed by atoms with Crippen molar-refractivity contribution in [1.82, 2.24) is 0 Å². The molecular weight excluding hydrogens is 256 g/mol. The van der Waals surface area contributed by atoms with Gasteiger partial charge in [-0.3, -0.25) is 0 Å². The van der Waals surface area contributed by atoms with Crippen LogP contribution in [0.2, 0.25) is 0 Å².